The summed E-state index contributed by atoms with van der Waals surface area (Å²) >= 11 is 0. The Morgan fingerprint density at radius 2 is 2.25 bits per heavy atom. The lowest BCUT2D eigenvalue weighted by atomic mass is 10.1. The van der Waals surface area contributed by atoms with Gasteiger partial charge < -0.3 is 16.2 Å². The van der Waals surface area contributed by atoms with E-state index in [1.807, 2.05) is 0 Å². The number of nitro groups is 1. The van der Waals surface area contributed by atoms with Crippen molar-refractivity contribution < 1.29 is 14.8 Å². The molecule has 1 aliphatic rings. The van der Waals surface area contributed by atoms with Crippen LogP contribution in [0.1, 0.15) is 29.6 Å². The Hall–Kier alpha value is -2.15. The van der Waals surface area contributed by atoms with Crippen molar-refractivity contribution in [3.05, 3.63) is 33.9 Å². The number of amides is 1. The van der Waals surface area contributed by atoms with Crippen LogP contribution in [-0.4, -0.2) is 28.6 Å². The Kier molecular flexibility index (Phi) is 4.19. The number of carbonyl (C=O) groups is 1. The van der Waals surface area contributed by atoms with Crippen LogP contribution in [0.15, 0.2) is 18.2 Å². The SMILES string of the molecule is Nc1ccc(C(=O)NCC2CCCC2O)cc1[N+](=O)[O-]. The van der Waals surface area contributed by atoms with Crippen LogP contribution < -0.4 is 11.1 Å². The average Bonchev–Trinajstić information content (AvgIpc) is 2.81. The Balaban J connectivity index is 2.02. The number of aliphatic hydroxyl groups is 1. The number of carbonyl (C=O) groups excluding carboxylic acids is 1. The molecule has 108 valence electrons. The minimum atomic E-state index is -0.618. The molecule has 0 aliphatic heterocycles. The minimum Gasteiger partial charge on any atom is -0.393 e. The number of hydrogen-bond donors (Lipinski definition) is 3. The zero-order valence-corrected chi connectivity index (χ0v) is 10.9. The predicted molar refractivity (Wildman–Crippen MR) is 73.2 cm³/mol. The van der Waals surface area contributed by atoms with Crippen molar-refractivity contribution in [2.45, 2.75) is 25.4 Å². The van der Waals surface area contributed by atoms with Crippen molar-refractivity contribution in [1.82, 2.24) is 5.32 Å². The molecule has 0 heterocycles. The molecule has 2 atom stereocenters. The smallest absolute Gasteiger partial charge is 0.292 e. The maximum Gasteiger partial charge on any atom is 0.292 e. The van der Waals surface area contributed by atoms with Crippen molar-refractivity contribution in [2.24, 2.45) is 5.92 Å². The number of nitrogen functional groups attached to an aromatic ring is 1. The molecule has 1 saturated carbocycles. The number of nitrogens with zero attached hydrogens (tertiary/aromatic N) is 1. The summed E-state index contributed by atoms with van der Waals surface area (Å²) in [4.78, 5) is 22.1. The number of hydrogen-bond acceptors (Lipinski definition) is 5. The van der Waals surface area contributed by atoms with E-state index in [0.29, 0.717) is 6.54 Å². The molecule has 1 amide bonds. The lowest BCUT2D eigenvalue weighted by Crippen LogP contribution is -2.32. The number of nitrogens with two attached hydrogens (primary N) is 1. The van der Waals surface area contributed by atoms with Gasteiger partial charge in [-0.2, -0.15) is 0 Å². The second-order valence-corrected chi connectivity index (χ2v) is 5.00. The van der Waals surface area contributed by atoms with Crippen molar-refractivity contribution in [1.29, 1.82) is 0 Å². The standard InChI is InChI=1S/C13H17N3O4/c14-10-5-4-8(6-11(10)16(19)20)13(18)15-7-9-2-1-3-12(9)17/h4-6,9,12,17H,1-3,7,14H2,(H,15,18). The minimum absolute atomic E-state index is 0.0257. The zero-order valence-electron chi connectivity index (χ0n) is 10.9. The lowest BCUT2D eigenvalue weighted by Gasteiger charge is -2.15. The molecule has 0 radical (unpaired) electrons. The molecule has 4 N–H and O–H groups in total. The predicted octanol–water partition coefficient (Wildman–Crippen LogP) is 1.07. The molecule has 0 spiro atoms. The van der Waals surface area contributed by atoms with Gasteiger partial charge in [-0.1, -0.05) is 6.42 Å². The maximum atomic E-state index is 11.9. The Morgan fingerprint density at radius 1 is 1.50 bits per heavy atom. The van der Waals surface area contributed by atoms with Crippen LogP contribution in [0.4, 0.5) is 11.4 Å². The van der Waals surface area contributed by atoms with Crippen molar-refractivity contribution >= 4 is 17.3 Å². The van der Waals surface area contributed by atoms with E-state index < -0.39 is 10.8 Å². The van der Waals surface area contributed by atoms with Crippen LogP contribution in [0.25, 0.3) is 0 Å². The number of nitro benzene ring substituents is 1. The number of anilines is 1. The molecule has 0 bridgehead atoms. The molecule has 1 aliphatic carbocycles. The van der Waals surface area contributed by atoms with Crippen LogP contribution in [-0.2, 0) is 0 Å². The molecule has 2 unspecified atom stereocenters. The molecule has 7 heteroatoms. The Bertz CT molecular complexity index is 532. The van der Waals surface area contributed by atoms with Crippen LogP contribution >= 0.6 is 0 Å². The number of rotatable bonds is 4. The first-order chi connectivity index (χ1) is 9.49. The summed E-state index contributed by atoms with van der Waals surface area (Å²) in [5.74, 6) is -0.338. The molecule has 2 rings (SSSR count). The summed E-state index contributed by atoms with van der Waals surface area (Å²) in [6, 6.07) is 3.95. The van der Waals surface area contributed by atoms with Crippen LogP contribution in [0.5, 0.6) is 0 Å². The molecular formula is C13H17N3O4. The van der Waals surface area contributed by atoms with E-state index in [1.165, 1.54) is 12.1 Å². The Morgan fingerprint density at radius 3 is 2.85 bits per heavy atom. The van der Waals surface area contributed by atoms with Gasteiger partial charge in [0.2, 0.25) is 0 Å². The van der Waals surface area contributed by atoms with E-state index in [1.54, 1.807) is 0 Å². The third-order valence-corrected chi connectivity index (χ3v) is 3.63. The second kappa shape index (κ2) is 5.87. The van der Waals surface area contributed by atoms with E-state index in [4.69, 9.17) is 5.73 Å². The Labute approximate surface area is 115 Å². The molecule has 1 aromatic rings. The summed E-state index contributed by atoms with van der Waals surface area (Å²) in [6.07, 6.45) is 2.21. The largest absolute Gasteiger partial charge is 0.393 e. The molecule has 20 heavy (non-hydrogen) atoms. The van der Waals surface area contributed by atoms with Gasteiger partial charge >= 0.3 is 0 Å². The first-order valence-corrected chi connectivity index (χ1v) is 6.49. The summed E-state index contributed by atoms with van der Waals surface area (Å²) in [6.45, 7) is 0.373. The fraction of sp³-hybridized carbons (Fsp3) is 0.462. The molecule has 1 fully saturated rings. The summed E-state index contributed by atoms with van der Waals surface area (Å²) in [7, 11) is 0. The van der Waals surface area contributed by atoms with Crippen LogP contribution in [0.2, 0.25) is 0 Å². The highest BCUT2D eigenvalue weighted by Crippen LogP contribution is 2.25. The first kappa shape index (κ1) is 14.3. The zero-order chi connectivity index (χ0) is 14.7. The molecule has 0 saturated heterocycles. The van der Waals surface area contributed by atoms with Gasteiger partial charge in [-0.05, 0) is 25.0 Å². The van der Waals surface area contributed by atoms with E-state index in [-0.39, 0.29) is 29.0 Å². The van der Waals surface area contributed by atoms with Crippen LogP contribution in [0.3, 0.4) is 0 Å². The third kappa shape index (κ3) is 3.05. The van der Waals surface area contributed by atoms with E-state index in [2.05, 4.69) is 5.32 Å². The number of aliphatic hydroxyl groups excluding tert-OH is 1. The van der Waals surface area contributed by atoms with Gasteiger partial charge in [-0.15, -0.1) is 0 Å². The van der Waals surface area contributed by atoms with Gasteiger partial charge in [0.15, 0.2) is 0 Å². The molecule has 7 nitrogen and oxygen atoms in total. The highest BCUT2D eigenvalue weighted by Gasteiger charge is 2.25. The highest BCUT2D eigenvalue weighted by atomic mass is 16.6. The van der Waals surface area contributed by atoms with Gasteiger partial charge in [0.05, 0.1) is 11.0 Å². The molecule has 0 aromatic heterocycles. The van der Waals surface area contributed by atoms with E-state index >= 15 is 0 Å². The quantitative estimate of drug-likeness (QED) is 0.432. The van der Waals surface area contributed by atoms with Crippen LogP contribution in [0, 0.1) is 16.0 Å². The highest BCUT2D eigenvalue weighted by molar-refractivity contribution is 5.95. The molecule has 1 aromatic carbocycles. The van der Waals surface area contributed by atoms with E-state index in [9.17, 15) is 20.0 Å². The van der Waals surface area contributed by atoms with Crippen molar-refractivity contribution in [2.75, 3.05) is 12.3 Å². The van der Waals surface area contributed by atoms with Gasteiger partial charge in [0.25, 0.3) is 11.6 Å². The van der Waals surface area contributed by atoms with Crippen molar-refractivity contribution in [3.63, 3.8) is 0 Å². The average molecular weight is 279 g/mol. The summed E-state index contributed by atoms with van der Waals surface area (Å²) < 4.78 is 0. The second-order valence-electron chi connectivity index (χ2n) is 5.00. The summed E-state index contributed by atoms with van der Waals surface area (Å²) in [5.41, 5.74) is 5.42. The summed E-state index contributed by atoms with van der Waals surface area (Å²) in [5, 5.41) is 23.1. The van der Waals surface area contributed by atoms with Gasteiger partial charge in [0.1, 0.15) is 5.69 Å². The maximum absolute atomic E-state index is 11.9. The van der Waals surface area contributed by atoms with Gasteiger partial charge in [-0.25, -0.2) is 0 Å². The first-order valence-electron chi connectivity index (χ1n) is 6.49. The number of nitrogens with one attached hydrogen (secondary N) is 1. The monoisotopic (exact) mass is 279 g/mol. The fourth-order valence-electron chi connectivity index (χ4n) is 2.42. The van der Waals surface area contributed by atoms with Gasteiger partial charge in [0, 0.05) is 24.1 Å². The lowest BCUT2D eigenvalue weighted by molar-refractivity contribution is -0.383. The van der Waals surface area contributed by atoms with Crippen molar-refractivity contribution in [3.8, 4) is 0 Å². The third-order valence-electron chi connectivity index (χ3n) is 3.63. The fourth-order valence-corrected chi connectivity index (χ4v) is 2.42. The molecular weight excluding hydrogens is 262 g/mol. The normalized spacial score (nSPS) is 21.6. The number of benzene rings is 1. The van der Waals surface area contributed by atoms with E-state index in [0.717, 1.165) is 25.3 Å². The topological polar surface area (TPSA) is 118 Å². The van der Waals surface area contributed by atoms with Gasteiger partial charge in [-0.3, -0.25) is 14.9 Å².